The Balaban J connectivity index is 1.59. The highest BCUT2D eigenvalue weighted by molar-refractivity contribution is 5.78. The average Bonchev–Trinajstić information content (AvgIpc) is 3.34. The first-order valence-corrected chi connectivity index (χ1v) is 9.20. The number of carbonyl (C=O) groups excluding carboxylic acids is 2. The average molecular weight is 332 g/mol. The monoisotopic (exact) mass is 332 g/mol. The number of nitrogens with zero attached hydrogens (tertiary/aromatic N) is 3. The van der Waals surface area contributed by atoms with E-state index in [1.807, 2.05) is 16.5 Å². The van der Waals surface area contributed by atoms with Crippen LogP contribution in [0.4, 0.5) is 0 Å². The molecule has 1 aliphatic heterocycles. The minimum Gasteiger partial charge on any atom is -0.353 e. The van der Waals surface area contributed by atoms with Crippen molar-refractivity contribution in [2.45, 2.75) is 71.5 Å². The normalized spacial score (nSPS) is 18.7. The molecular formula is C18H28N4O2. The van der Waals surface area contributed by atoms with Gasteiger partial charge in [-0.1, -0.05) is 13.8 Å². The maximum atomic E-state index is 12.5. The van der Waals surface area contributed by atoms with Gasteiger partial charge in [0.1, 0.15) is 0 Å². The van der Waals surface area contributed by atoms with Crippen LogP contribution < -0.4 is 5.32 Å². The minimum absolute atomic E-state index is 0.0741. The lowest BCUT2D eigenvalue weighted by Crippen LogP contribution is -2.34. The lowest BCUT2D eigenvalue weighted by molar-refractivity contribution is -0.135. The lowest BCUT2D eigenvalue weighted by atomic mass is 10.1. The van der Waals surface area contributed by atoms with Crippen LogP contribution in [0.25, 0.3) is 0 Å². The fourth-order valence-electron chi connectivity index (χ4n) is 3.09. The van der Waals surface area contributed by atoms with Crippen LogP contribution in [-0.4, -0.2) is 39.1 Å². The van der Waals surface area contributed by atoms with E-state index in [1.54, 1.807) is 0 Å². The van der Waals surface area contributed by atoms with E-state index in [0.717, 1.165) is 50.2 Å². The molecule has 3 rings (SSSR count). The molecular weight excluding hydrogens is 304 g/mol. The van der Waals surface area contributed by atoms with Gasteiger partial charge in [-0.3, -0.25) is 14.3 Å². The molecule has 1 aromatic rings. The minimum atomic E-state index is 0.0741. The highest BCUT2D eigenvalue weighted by atomic mass is 16.2. The van der Waals surface area contributed by atoms with Crippen molar-refractivity contribution in [1.82, 2.24) is 20.0 Å². The molecule has 132 valence electrons. The Morgan fingerprint density at radius 1 is 1.38 bits per heavy atom. The van der Waals surface area contributed by atoms with Gasteiger partial charge in [0.15, 0.2) is 0 Å². The van der Waals surface area contributed by atoms with Gasteiger partial charge < -0.3 is 10.2 Å². The van der Waals surface area contributed by atoms with E-state index in [0.29, 0.717) is 25.4 Å². The SMILES string of the molecule is CC[C@@H](C)C(=O)N1CCCn2nc(CCC(=O)NC3CC3)cc2C1. The molecule has 2 heterocycles. The van der Waals surface area contributed by atoms with Gasteiger partial charge in [-0.05, 0) is 31.7 Å². The number of rotatable bonds is 6. The van der Waals surface area contributed by atoms with Crippen LogP contribution in [0, 0.1) is 5.92 Å². The molecule has 6 nitrogen and oxygen atoms in total. The molecule has 1 aromatic heterocycles. The number of hydrogen-bond donors (Lipinski definition) is 1. The molecule has 24 heavy (non-hydrogen) atoms. The van der Waals surface area contributed by atoms with Gasteiger partial charge in [-0.25, -0.2) is 0 Å². The van der Waals surface area contributed by atoms with Crippen LogP contribution in [0.3, 0.4) is 0 Å². The van der Waals surface area contributed by atoms with Gasteiger partial charge in [0.05, 0.1) is 17.9 Å². The highest BCUT2D eigenvalue weighted by Gasteiger charge is 2.25. The number of nitrogens with one attached hydrogen (secondary N) is 1. The van der Waals surface area contributed by atoms with Gasteiger partial charge in [0.2, 0.25) is 11.8 Å². The summed E-state index contributed by atoms with van der Waals surface area (Å²) in [4.78, 5) is 26.2. The second-order valence-electron chi connectivity index (χ2n) is 7.11. The zero-order chi connectivity index (χ0) is 17.1. The van der Waals surface area contributed by atoms with Gasteiger partial charge in [0.25, 0.3) is 0 Å². The molecule has 2 amide bonds. The molecule has 0 aromatic carbocycles. The lowest BCUT2D eigenvalue weighted by Gasteiger charge is -2.23. The van der Waals surface area contributed by atoms with E-state index in [1.165, 1.54) is 0 Å². The second-order valence-corrected chi connectivity index (χ2v) is 7.11. The third-order valence-electron chi connectivity index (χ3n) is 4.96. The Bertz CT molecular complexity index is 606. The van der Waals surface area contributed by atoms with Crippen molar-refractivity contribution in [2.24, 2.45) is 5.92 Å². The Hall–Kier alpha value is -1.85. The van der Waals surface area contributed by atoms with Crippen LogP contribution >= 0.6 is 0 Å². The first kappa shape index (κ1) is 17.0. The molecule has 1 atom stereocenters. The quantitative estimate of drug-likeness (QED) is 0.865. The summed E-state index contributed by atoms with van der Waals surface area (Å²) in [6.45, 7) is 6.31. The summed E-state index contributed by atoms with van der Waals surface area (Å²) in [6, 6.07) is 2.48. The van der Waals surface area contributed by atoms with Crippen LogP contribution in [0.1, 0.15) is 57.3 Å². The number of aromatic nitrogens is 2. The first-order chi connectivity index (χ1) is 11.6. The molecule has 0 saturated heterocycles. The molecule has 1 saturated carbocycles. The number of carbonyl (C=O) groups is 2. The summed E-state index contributed by atoms with van der Waals surface area (Å²) in [6.07, 6.45) is 5.18. The number of amides is 2. The van der Waals surface area contributed by atoms with E-state index in [2.05, 4.69) is 23.4 Å². The molecule has 1 fully saturated rings. The van der Waals surface area contributed by atoms with E-state index in [9.17, 15) is 9.59 Å². The van der Waals surface area contributed by atoms with Gasteiger partial charge in [0, 0.05) is 37.9 Å². The summed E-state index contributed by atoms with van der Waals surface area (Å²) in [5.74, 6) is 0.428. The van der Waals surface area contributed by atoms with Crippen LogP contribution in [-0.2, 0) is 29.1 Å². The van der Waals surface area contributed by atoms with Crippen molar-refractivity contribution in [3.8, 4) is 0 Å². The van der Waals surface area contributed by atoms with Crippen molar-refractivity contribution in [1.29, 1.82) is 0 Å². The standard InChI is InChI=1S/C18H28N4O2/c1-3-13(2)18(24)21-9-4-10-22-16(12-21)11-15(20-22)7-8-17(23)19-14-5-6-14/h11,13-14H,3-10,12H2,1-2H3,(H,19,23)/t13-/m1/s1. The van der Waals surface area contributed by atoms with Gasteiger partial charge in [-0.15, -0.1) is 0 Å². The molecule has 6 heteroatoms. The fourth-order valence-corrected chi connectivity index (χ4v) is 3.09. The third kappa shape index (κ3) is 4.16. The van der Waals surface area contributed by atoms with Gasteiger partial charge >= 0.3 is 0 Å². The number of fused-ring (bicyclic) bond motifs is 1. The Morgan fingerprint density at radius 3 is 2.88 bits per heavy atom. The van der Waals surface area contributed by atoms with Crippen LogP contribution in [0.2, 0.25) is 0 Å². The van der Waals surface area contributed by atoms with Gasteiger partial charge in [-0.2, -0.15) is 5.10 Å². The van der Waals surface area contributed by atoms with Crippen molar-refractivity contribution < 1.29 is 9.59 Å². The molecule has 1 aliphatic carbocycles. The Kier molecular flexibility index (Phi) is 5.21. The largest absolute Gasteiger partial charge is 0.353 e. The summed E-state index contributed by atoms with van der Waals surface area (Å²) < 4.78 is 2.01. The maximum Gasteiger partial charge on any atom is 0.225 e. The van der Waals surface area contributed by atoms with E-state index in [4.69, 9.17) is 0 Å². The topological polar surface area (TPSA) is 67.2 Å². The number of hydrogen-bond acceptors (Lipinski definition) is 3. The van der Waals surface area contributed by atoms with E-state index < -0.39 is 0 Å². The highest BCUT2D eigenvalue weighted by Crippen LogP contribution is 2.20. The molecule has 0 spiro atoms. The second kappa shape index (κ2) is 7.36. The number of aryl methyl sites for hydroxylation is 2. The summed E-state index contributed by atoms with van der Waals surface area (Å²) in [5, 5.41) is 7.65. The molecule has 2 aliphatic rings. The van der Waals surface area contributed by atoms with Crippen molar-refractivity contribution >= 4 is 11.8 Å². The summed E-state index contributed by atoms with van der Waals surface area (Å²) in [7, 11) is 0. The summed E-state index contributed by atoms with van der Waals surface area (Å²) in [5.41, 5.74) is 2.04. The maximum absolute atomic E-state index is 12.5. The molecule has 1 N–H and O–H groups in total. The van der Waals surface area contributed by atoms with Crippen molar-refractivity contribution in [2.75, 3.05) is 6.54 Å². The third-order valence-corrected chi connectivity index (χ3v) is 4.96. The van der Waals surface area contributed by atoms with Crippen LogP contribution in [0.5, 0.6) is 0 Å². The molecule has 0 bridgehead atoms. The van der Waals surface area contributed by atoms with E-state index >= 15 is 0 Å². The Labute approximate surface area is 143 Å². The summed E-state index contributed by atoms with van der Waals surface area (Å²) >= 11 is 0. The zero-order valence-corrected chi connectivity index (χ0v) is 14.8. The first-order valence-electron chi connectivity index (χ1n) is 9.20. The molecule has 0 unspecified atom stereocenters. The van der Waals surface area contributed by atoms with Crippen LogP contribution in [0.15, 0.2) is 6.07 Å². The smallest absolute Gasteiger partial charge is 0.225 e. The molecule has 0 radical (unpaired) electrons. The predicted octanol–water partition coefficient (Wildman–Crippen LogP) is 1.87. The zero-order valence-electron chi connectivity index (χ0n) is 14.8. The fraction of sp³-hybridized carbons (Fsp3) is 0.722. The van der Waals surface area contributed by atoms with Crippen molar-refractivity contribution in [3.63, 3.8) is 0 Å². The Morgan fingerprint density at radius 2 is 2.17 bits per heavy atom. The van der Waals surface area contributed by atoms with E-state index in [-0.39, 0.29) is 17.7 Å². The van der Waals surface area contributed by atoms with Crippen molar-refractivity contribution in [3.05, 3.63) is 17.5 Å². The predicted molar refractivity (Wildman–Crippen MR) is 91.2 cm³/mol.